The highest BCUT2D eigenvalue weighted by Crippen LogP contribution is 2.17. The minimum absolute atomic E-state index is 0.183. The number of benzene rings is 1. The molecule has 0 aliphatic rings. The van der Waals surface area contributed by atoms with Gasteiger partial charge in [0.1, 0.15) is 29.4 Å². The zero-order valence-electron chi connectivity index (χ0n) is 11.9. The van der Waals surface area contributed by atoms with Crippen molar-refractivity contribution in [2.75, 3.05) is 7.11 Å². The Morgan fingerprint density at radius 1 is 1.23 bits per heavy atom. The number of esters is 1. The summed E-state index contributed by atoms with van der Waals surface area (Å²) < 4.78 is 12.0. The molecule has 0 saturated heterocycles. The number of fused-ring (bicyclic) bond motifs is 1. The smallest absolute Gasteiger partial charge is 0.355 e. The molecular formula is C16H14N2O4. The van der Waals surface area contributed by atoms with Gasteiger partial charge in [-0.1, -0.05) is 6.07 Å². The summed E-state index contributed by atoms with van der Waals surface area (Å²) in [6, 6.07) is 11.7. The van der Waals surface area contributed by atoms with Crippen LogP contribution >= 0.6 is 0 Å². The average molecular weight is 298 g/mol. The molecule has 0 fully saturated rings. The number of aromatic hydroxyl groups is 1. The Bertz CT molecular complexity index is 809. The lowest BCUT2D eigenvalue weighted by Gasteiger charge is -2.03. The first-order valence-electron chi connectivity index (χ1n) is 6.64. The molecule has 3 rings (SSSR count). The van der Waals surface area contributed by atoms with Crippen LogP contribution in [0.15, 0.2) is 48.7 Å². The number of hydrogen-bond donors (Lipinski definition) is 1. The monoisotopic (exact) mass is 298 g/mol. The number of imidazole rings is 1. The van der Waals surface area contributed by atoms with Crippen molar-refractivity contribution < 1.29 is 19.4 Å². The molecular weight excluding hydrogens is 284 g/mol. The fourth-order valence-corrected chi connectivity index (χ4v) is 2.10. The van der Waals surface area contributed by atoms with Crippen molar-refractivity contribution in [3.05, 3.63) is 60.0 Å². The fraction of sp³-hybridized carbons (Fsp3) is 0.125. The average Bonchev–Trinajstić information content (AvgIpc) is 2.96. The first-order chi connectivity index (χ1) is 10.7. The van der Waals surface area contributed by atoms with Gasteiger partial charge in [-0.2, -0.15) is 0 Å². The lowest BCUT2D eigenvalue weighted by molar-refractivity contribution is 0.0592. The van der Waals surface area contributed by atoms with Crippen LogP contribution in [0.4, 0.5) is 0 Å². The van der Waals surface area contributed by atoms with Gasteiger partial charge in [0.05, 0.1) is 12.8 Å². The summed E-state index contributed by atoms with van der Waals surface area (Å²) in [6.45, 7) is 0.257. The molecule has 0 aliphatic heterocycles. The van der Waals surface area contributed by atoms with E-state index >= 15 is 0 Å². The number of pyridine rings is 1. The fourth-order valence-electron chi connectivity index (χ4n) is 2.10. The number of hydrogen-bond acceptors (Lipinski definition) is 5. The van der Waals surface area contributed by atoms with Crippen LogP contribution in [-0.2, 0) is 11.3 Å². The summed E-state index contributed by atoms with van der Waals surface area (Å²) >= 11 is 0. The molecule has 2 aromatic heterocycles. The van der Waals surface area contributed by atoms with E-state index in [0.717, 1.165) is 0 Å². The molecule has 0 radical (unpaired) electrons. The van der Waals surface area contributed by atoms with E-state index in [4.69, 9.17) is 9.47 Å². The predicted octanol–water partition coefficient (Wildman–Crippen LogP) is 2.41. The number of carbonyl (C=O) groups is 1. The van der Waals surface area contributed by atoms with Crippen LogP contribution in [0.3, 0.4) is 0 Å². The van der Waals surface area contributed by atoms with Gasteiger partial charge < -0.3 is 14.6 Å². The highest BCUT2D eigenvalue weighted by atomic mass is 16.5. The van der Waals surface area contributed by atoms with Crippen molar-refractivity contribution in [1.29, 1.82) is 0 Å². The second kappa shape index (κ2) is 5.77. The summed E-state index contributed by atoms with van der Waals surface area (Å²) in [5, 5.41) is 9.23. The molecule has 0 atom stereocenters. The van der Waals surface area contributed by atoms with Gasteiger partial charge in [-0.15, -0.1) is 0 Å². The molecule has 22 heavy (non-hydrogen) atoms. The summed E-state index contributed by atoms with van der Waals surface area (Å²) in [6.07, 6.45) is 1.74. The number of phenolic OH excluding ortho intramolecular Hbond substituents is 1. The first kappa shape index (κ1) is 13.9. The maximum atomic E-state index is 11.7. The number of carbonyl (C=O) groups excluding carboxylic acids is 1. The molecule has 0 aliphatic carbocycles. The van der Waals surface area contributed by atoms with E-state index in [1.807, 2.05) is 0 Å². The van der Waals surface area contributed by atoms with Crippen LogP contribution < -0.4 is 4.74 Å². The minimum Gasteiger partial charge on any atom is -0.508 e. The molecule has 0 unspecified atom stereocenters. The highest BCUT2D eigenvalue weighted by molar-refractivity contribution is 5.88. The van der Waals surface area contributed by atoms with Gasteiger partial charge in [0.15, 0.2) is 0 Å². The SMILES string of the molecule is COC(=O)c1cccc2nc(COc3ccc(O)cc3)cn12. The van der Waals surface area contributed by atoms with E-state index in [-0.39, 0.29) is 12.4 Å². The van der Waals surface area contributed by atoms with Crippen LogP contribution in [0.2, 0.25) is 0 Å². The topological polar surface area (TPSA) is 73.1 Å². The molecule has 0 saturated carbocycles. The lowest BCUT2D eigenvalue weighted by Crippen LogP contribution is -2.07. The zero-order chi connectivity index (χ0) is 15.5. The third kappa shape index (κ3) is 2.71. The third-order valence-corrected chi connectivity index (χ3v) is 3.16. The molecule has 2 heterocycles. The van der Waals surface area contributed by atoms with Crippen LogP contribution in [-0.4, -0.2) is 27.6 Å². The maximum Gasteiger partial charge on any atom is 0.355 e. The van der Waals surface area contributed by atoms with Crippen molar-refractivity contribution in [3.63, 3.8) is 0 Å². The minimum atomic E-state index is -0.422. The lowest BCUT2D eigenvalue weighted by atomic mass is 10.3. The molecule has 112 valence electrons. The van der Waals surface area contributed by atoms with Crippen LogP contribution in [0, 0.1) is 0 Å². The summed E-state index contributed by atoms with van der Waals surface area (Å²) in [4.78, 5) is 16.1. The normalized spacial score (nSPS) is 10.6. The van der Waals surface area contributed by atoms with Crippen LogP contribution in [0.1, 0.15) is 16.2 Å². The number of phenols is 1. The van der Waals surface area contributed by atoms with Crippen molar-refractivity contribution in [3.8, 4) is 11.5 Å². The van der Waals surface area contributed by atoms with Gasteiger partial charge in [-0.05, 0) is 36.4 Å². The van der Waals surface area contributed by atoms with Gasteiger partial charge >= 0.3 is 5.97 Å². The third-order valence-electron chi connectivity index (χ3n) is 3.16. The highest BCUT2D eigenvalue weighted by Gasteiger charge is 2.12. The Morgan fingerprint density at radius 3 is 2.73 bits per heavy atom. The van der Waals surface area contributed by atoms with E-state index in [9.17, 15) is 9.90 Å². The summed E-state index contributed by atoms with van der Waals surface area (Å²) in [5.74, 6) is 0.389. The quantitative estimate of drug-likeness (QED) is 0.749. The Hall–Kier alpha value is -3.02. The van der Waals surface area contributed by atoms with Crippen molar-refractivity contribution >= 4 is 11.6 Å². The Balaban J connectivity index is 1.83. The van der Waals surface area contributed by atoms with Gasteiger partial charge in [0.2, 0.25) is 0 Å². The second-order valence-electron chi connectivity index (χ2n) is 4.65. The van der Waals surface area contributed by atoms with Gasteiger partial charge in [-0.25, -0.2) is 9.78 Å². The van der Waals surface area contributed by atoms with E-state index in [2.05, 4.69) is 4.98 Å². The number of methoxy groups -OCH3 is 1. The molecule has 6 nitrogen and oxygen atoms in total. The number of nitrogens with zero attached hydrogens (tertiary/aromatic N) is 2. The molecule has 1 N–H and O–H groups in total. The predicted molar refractivity (Wildman–Crippen MR) is 79.0 cm³/mol. The Labute approximate surface area is 126 Å². The summed E-state index contributed by atoms with van der Waals surface area (Å²) in [7, 11) is 1.34. The second-order valence-corrected chi connectivity index (χ2v) is 4.65. The van der Waals surface area contributed by atoms with Crippen LogP contribution in [0.25, 0.3) is 5.65 Å². The maximum absolute atomic E-state index is 11.7. The molecule has 3 aromatic rings. The van der Waals surface area contributed by atoms with E-state index in [0.29, 0.717) is 22.8 Å². The van der Waals surface area contributed by atoms with Crippen molar-refractivity contribution in [1.82, 2.24) is 9.38 Å². The van der Waals surface area contributed by atoms with E-state index in [1.165, 1.54) is 7.11 Å². The van der Waals surface area contributed by atoms with Crippen LogP contribution in [0.5, 0.6) is 11.5 Å². The van der Waals surface area contributed by atoms with Gasteiger partial charge in [-0.3, -0.25) is 4.40 Å². The Morgan fingerprint density at radius 2 is 2.00 bits per heavy atom. The number of aromatic nitrogens is 2. The molecule has 0 spiro atoms. The zero-order valence-corrected chi connectivity index (χ0v) is 11.9. The van der Waals surface area contributed by atoms with Gasteiger partial charge in [0, 0.05) is 6.20 Å². The standard InChI is InChI=1S/C16H14N2O4/c1-21-16(20)14-3-2-4-15-17-11(9-18(14)15)10-22-13-7-5-12(19)6-8-13/h2-9,19H,10H2,1H3. The van der Waals surface area contributed by atoms with Crippen molar-refractivity contribution in [2.24, 2.45) is 0 Å². The van der Waals surface area contributed by atoms with E-state index in [1.54, 1.807) is 53.1 Å². The molecule has 6 heteroatoms. The largest absolute Gasteiger partial charge is 0.508 e. The first-order valence-corrected chi connectivity index (χ1v) is 6.64. The van der Waals surface area contributed by atoms with E-state index < -0.39 is 5.97 Å². The molecule has 1 aromatic carbocycles. The number of rotatable bonds is 4. The number of ether oxygens (including phenoxy) is 2. The van der Waals surface area contributed by atoms with Crippen molar-refractivity contribution in [2.45, 2.75) is 6.61 Å². The molecule has 0 bridgehead atoms. The Kier molecular flexibility index (Phi) is 3.65. The molecule has 0 amide bonds. The van der Waals surface area contributed by atoms with Gasteiger partial charge in [0.25, 0.3) is 0 Å². The summed E-state index contributed by atoms with van der Waals surface area (Å²) in [5.41, 5.74) is 1.74.